The molecule has 2 aromatic heterocycles. The molecule has 0 saturated carbocycles. The van der Waals surface area contributed by atoms with Crippen LogP contribution in [0.15, 0.2) is 33.9 Å². The van der Waals surface area contributed by atoms with E-state index >= 15 is 0 Å². The van der Waals surface area contributed by atoms with Gasteiger partial charge in [0.05, 0.1) is 16.6 Å². The number of rotatable bonds is 5. The lowest BCUT2D eigenvalue weighted by atomic mass is 10.1. The van der Waals surface area contributed by atoms with E-state index in [1.54, 1.807) is 6.92 Å². The lowest BCUT2D eigenvalue weighted by molar-refractivity contribution is 0.0957. The first-order valence-electron chi connectivity index (χ1n) is 10.6. The maximum atomic E-state index is 14.7. The molecule has 9 nitrogen and oxygen atoms in total. The number of carbonyl (C=O) groups excluding carboxylic acids is 1. The third kappa shape index (κ3) is 4.36. The highest BCUT2D eigenvalue weighted by Gasteiger charge is 2.22. The normalized spacial score (nSPS) is 14.6. The van der Waals surface area contributed by atoms with Crippen molar-refractivity contribution in [3.63, 3.8) is 0 Å². The van der Waals surface area contributed by atoms with Gasteiger partial charge >= 0.3 is 5.69 Å². The first kappa shape index (κ1) is 22.6. The van der Waals surface area contributed by atoms with Crippen molar-refractivity contribution in [2.75, 3.05) is 38.1 Å². The molecule has 1 aromatic carbocycles. The first-order chi connectivity index (χ1) is 15.8. The van der Waals surface area contributed by atoms with E-state index in [1.807, 2.05) is 9.80 Å². The van der Waals surface area contributed by atoms with Gasteiger partial charge in [0.15, 0.2) is 0 Å². The fraction of sp³-hybridized carbons (Fsp3) is 0.364. The molecule has 174 valence electrons. The van der Waals surface area contributed by atoms with Gasteiger partial charge in [0.1, 0.15) is 11.5 Å². The summed E-state index contributed by atoms with van der Waals surface area (Å²) in [6.07, 6.45) is 0. The van der Waals surface area contributed by atoms with E-state index in [2.05, 4.69) is 15.3 Å². The Morgan fingerprint density at radius 3 is 2.52 bits per heavy atom. The van der Waals surface area contributed by atoms with Crippen LogP contribution in [0.5, 0.6) is 0 Å². The molecule has 2 N–H and O–H groups in total. The summed E-state index contributed by atoms with van der Waals surface area (Å²) < 4.78 is 30.2. The molecule has 4 rings (SSSR count). The summed E-state index contributed by atoms with van der Waals surface area (Å²) in [7, 11) is 1.45. The predicted octanol–water partition coefficient (Wildman–Crippen LogP) is 1.06. The third-order valence-electron chi connectivity index (χ3n) is 5.86. The van der Waals surface area contributed by atoms with E-state index in [-0.39, 0.29) is 24.2 Å². The van der Waals surface area contributed by atoms with E-state index in [0.717, 1.165) is 4.57 Å². The van der Waals surface area contributed by atoms with Crippen molar-refractivity contribution in [3.05, 3.63) is 68.1 Å². The van der Waals surface area contributed by atoms with E-state index in [4.69, 9.17) is 0 Å². The highest BCUT2D eigenvalue weighted by molar-refractivity contribution is 5.92. The molecule has 1 aliphatic rings. The van der Waals surface area contributed by atoms with Gasteiger partial charge in [-0.25, -0.2) is 14.2 Å². The SMILES string of the molecule is CCn1c(=O)[nH]c2cc(CN3CCN(c4ccc(C(=O)NC)nc4F)CC3)c(F)cc2c1=O. The monoisotopic (exact) mass is 458 g/mol. The second-order valence-corrected chi connectivity index (χ2v) is 7.82. The topological polar surface area (TPSA) is 103 Å². The van der Waals surface area contributed by atoms with Crippen molar-refractivity contribution >= 4 is 22.5 Å². The van der Waals surface area contributed by atoms with Gasteiger partial charge in [0, 0.05) is 51.9 Å². The largest absolute Gasteiger partial charge is 0.365 e. The van der Waals surface area contributed by atoms with Gasteiger partial charge in [-0.15, -0.1) is 0 Å². The Hall–Kier alpha value is -3.60. The predicted molar refractivity (Wildman–Crippen MR) is 120 cm³/mol. The number of aromatic amines is 1. The minimum atomic E-state index is -0.716. The Balaban J connectivity index is 1.48. The summed E-state index contributed by atoms with van der Waals surface area (Å²) in [5, 5.41) is 2.54. The Labute approximate surface area is 187 Å². The van der Waals surface area contributed by atoms with Crippen molar-refractivity contribution in [1.82, 2.24) is 24.8 Å². The Kier molecular flexibility index (Phi) is 6.23. The molecule has 3 heterocycles. The zero-order chi connectivity index (χ0) is 23.7. The van der Waals surface area contributed by atoms with Gasteiger partial charge < -0.3 is 15.2 Å². The van der Waals surface area contributed by atoms with Gasteiger partial charge in [-0.2, -0.15) is 4.39 Å². The molecular formula is C22H24F2N6O3. The number of anilines is 1. The summed E-state index contributed by atoms with van der Waals surface area (Å²) in [6, 6.07) is 5.67. The first-order valence-corrected chi connectivity index (χ1v) is 10.6. The standard InChI is InChI=1S/C22H24F2N6O3/c1-3-30-21(32)14-11-15(23)13(10-17(14)27-22(30)33)12-28-6-8-29(9-7-28)18-5-4-16(20(31)25-2)26-19(18)24/h4-5,10-11H,3,6-9,12H2,1-2H3,(H,25,31)(H,27,33). The molecule has 1 fully saturated rings. The third-order valence-corrected chi connectivity index (χ3v) is 5.86. The van der Waals surface area contributed by atoms with Crippen LogP contribution in [0.2, 0.25) is 0 Å². The van der Waals surface area contributed by atoms with E-state index in [0.29, 0.717) is 42.9 Å². The number of nitrogens with one attached hydrogen (secondary N) is 2. The van der Waals surface area contributed by atoms with Gasteiger partial charge in [0.2, 0.25) is 5.95 Å². The molecule has 1 amide bonds. The number of piperazine rings is 1. The summed E-state index contributed by atoms with van der Waals surface area (Å²) >= 11 is 0. The number of carbonyl (C=O) groups is 1. The van der Waals surface area contributed by atoms with Crippen LogP contribution in [0.25, 0.3) is 10.9 Å². The molecule has 1 aliphatic heterocycles. The number of amides is 1. The number of halogens is 2. The quantitative estimate of drug-likeness (QED) is 0.555. The van der Waals surface area contributed by atoms with Gasteiger partial charge in [0.25, 0.3) is 11.5 Å². The molecule has 0 aliphatic carbocycles. The maximum Gasteiger partial charge on any atom is 0.328 e. The van der Waals surface area contributed by atoms with E-state index in [9.17, 15) is 23.2 Å². The number of hydrogen-bond acceptors (Lipinski definition) is 6. The second-order valence-electron chi connectivity index (χ2n) is 7.82. The fourth-order valence-electron chi connectivity index (χ4n) is 4.03. The second kappa shape index (κ2) is 9.10. The van der Waals surface area contributed by atoms with Crippen molar-refractivity contribution in [2.45, 2.75) is 20.0 Å². The fourth-order valence-corrected chi connectivity index (χ4v) is 4.03. The van der Waals surface area contributed by atoms with Crippen LogP contribution in [-0.2, 0) is 13.1 Å². The summed E-state index contributed by atoms with van der Waals surface area (Å²) in [5.74, 6) is -1.69. The number of hydrogen-bond donors (Lipinski definition) is 2. The molecule has 0 radical (unpaired) electrons. The van der Waals surface area contributed by atoms with E-state index < -0.39 is 28.9 Å². The van der Waals surface area contributed by atoms with E-state index in [1.165, 1.54) is 31.3 Å². The van der Waals surface area contributed by atoms with Crippen LogP contribution in [0.1, 0.15) is 23.0 Å². The number of pyridine rings is 1. The number of nitrogens with zero attached hydrogens (tertiary/aromatic N) is 4. The summed E-state index contributed by atoms with van der Waals surface area (Å²) in [5.41, 5.74) is -0.0679. The van der Waals surface area contributed by atoms with Crippen LogP contribution < -0.4 is 21.5 Å². The summed E-state index contributed by atoms with van der Waals surface area (Å²) in [6.45, 7) is 4.22. The van der Waals surface area contributed by atoms with Crippen LogP contribution in [0, 0.1) is 11.8 Å². The molecular weight excluding hydrogens is 434 g/mol. The Morgan fingerprint density at radius 2 is 1.88 bits per heavy atom. The molecule has 1 saturated heterocycles. The van der Waals surface area contributed by atoms with Crippen LogP contribution in [0.4, 0.5) is 14.5 Å². The van der Waals surface area contributed by atoms with Gasteiger partial charge in [-0.1, -0.05) is 0 Å². The van der Waals surface area contributed by atoms with Crippen LogP contribution in [-0.4, -0.2) is 58.6 Å². The minimum absolute atomic E-state index is 0.00732. The average Bonchev–Trinajstić information content (AvgIpc) is 2.80. The lowest BCUT2D eigenvalue weighted by Crippen LogP contribution is -2.46. The van der Waals surface area contributed by atoms with Gasteiger partial charge in [-0.05, 0) is 31.2 Å². The van der Waals surface area contributed by atoms with Crippen molar-refractivity contribution in [3.8, 4) is 0 Å². The zero-order valence-corrected chi connectivity index (χ0v) is 18.3. The minimum Gasteiger partial charge on any atom is -0.365 e. The van der Waals surface area contributed by atoms with Crippen LogP contribution in [0.3, 0.4) is 0 Å². The molecule has 11 heteroatoms. The number of benzene rings is 1. The molecule has 3 aromatic rings. The number of fused-ring (bicyclic) bond motifs is 1. The molecule has 0 bridgehead atoms. The smallest absolute Gasteiger partial charge is 0.328 e. The van der Waals surface area contributed by atoms with Crippen molar-refractivity contribution < 1.29 is 13.6 Å². The molecule has 0 atom stereocenters. The van der Waals surface area contributed by atoms with Gasteiger partial charge in [-0.3, -0.25) is 19.1 Å². The average molecular weight is 458 g/mol. The maximum absolute atomic E-state index is 14.7. The zero-order valence-electron chi connectivity index (χ0n) is 18.3. The molecule has 0 unspecified atom stereocenters. The lowest BCUT2D eigenvalue weighted by Gasteiger charge is -2.36. The van der Waals surface area contributed by atoms with Crippen LogP contribution >= 0.6 is 0 Å². The number of H-pyrrole nitrogens is 1. The van der Waals surface area contributed by atoms with Crippen molar-refractivity contribution in [1.29, 1.82) is 0 Å². The summed E-state index contributed by atoms with van der Waals surface area (Å²) in [4.78, 5) is 46.3. The number of aromatic nitrogens is 3. The highest BCUT2D eigenvalue weighted by atomic mass is 19.1. The molecule has 33 heavy (non-hydrogen) atoms. The Bertz CT molecular complexity index is 1330. The van der Waals surface area contributed by atoms with Crippen molar-refractivity contribution in [2.24, 2.45) is 0 Å². The Morgan fingerprint density at radius 1 is 1.15 bits per heavy atom. The highest BCUT2D eigenvalue weighted by Crippen LogP contribution is 2.22. The molecule has 0 spiro atoms.